The van der Waals surface area contributed by atoms with Crippen LogP contribution in [0.25, 0.3) is 5.69 Å². The Labute approximate surface area is 218 Å². The molecule has 2 aromatic carbocycles. The number of rotatable bonds is 10. The summed E-state index contributed by atoms with van der Waals surface area (Å²) in [4.78, 5) is 5.22. The lowest BCUT2D eigenvalue weighted by atomic mass is 10.0. The molecule has 3 aromatic rings. The van der Waals surface area contributed by atoms with E-state index in [0.29, 0.717) is 12.1 Å². The van der Waals surface area contributed by atoms with Crippen molar-refractivity contribution in [3.63, 3.8) is 0 Å². The van der Waals surface area contributed by atoms with Gasteiger partial charge in [-0.1, -0.05) is 43.7 Å². The van der Waals surface area contributed by atoms with Gasteiger partial charge < -0.3 is 10.2 Å². The lowest BCUT2D eigenvalue weighted by Gasteiger charge is -2.40. The Hall–Kier alpha value is -2.63. The maximum Gasteiger partial charge on any atom is 0.0798 e. The summed E-state index contributed by atoms with van der Waals surface area (Å²) >= 11 is 0. The molecule has 1 fully saturated rings. The Morgan fingerprint density at radius 2 is 1.64 bits per heavy atom. The van der Waals surface area contributed by atoms with Crippen LogP contribution in [0.5, 0.6) is 0 Å². The molecular formula is C31H45N5. The fraction of sp³-hybridized carbons (Fsp3) is 0.516. The summed E-state index contributed by atoms with van der Waals surface area (Å²) in [6, 6.07) is 20.7. The van der Waals surface area contributed by atoms with Crippen molar-refractivity contribution in [1.82, 2.24) is 20.0 Å². The number of benzene rings is 2. The number of hydrogen-bond donors (Lipinski definition) is 1. The van der Waals surface area contributed by atoms with Gasteiger partial charge in [0.25, 0.3) is 0 Å². The minimum absolute atomic E-state index is 0.217. The average molecular weight is 488 g/mol. The highest BCUT2D eigenvalue weighted by molar-refractivity contribution is 5.56. The first-order valence-corrected chi connectivity index (χ1v) is 13.8. The molecule has 3 atom stereocenters. The van der Waals surface area contributed by atoms with Gasteiger partial charge in [-0.2, -0.15) is 5.10 Å². The van der Waals surface area contributed by atoms with Crippen molar-refractivity contribution in [3.05, 3.63) is 77.1 Å². The molecule has 2 heterocycles. The molecule has 1 N–H and O–H groups in total. The fourth-order valence-electron chi connectivity index (χ4n) is 5.60. The predicted molar refractivity (Wildman–Crippen MR) is 152 cm³/mol. The molecule has 0 bridgehead atoms. The van der Waals surface area contributed by atoms with Crippen LogP contribution in [0.4, 0.5) is 5.69 Å². The van der Waals surface area contributed by atoms with Crippen molar-refractivity contribution >= 4 is 5.69 Å². The lowest BCUT2D eigenvalue weighted by Crippen LogP contribution is -2.51. The predicted octanol–water partition coefficient (Wildman–Crippen LogP) is 6.08. The molecule has 5 heteroatoms. The first kappa shape index (κ1) is 26.4. The van der Waals surface area contributed by atoms with Crippen LogP contribution in [0, 0.1) is 13.8 Å². The second kappa shape index (κ2) is 12.1. The van der Waals surface area contributed by atoms with Crippen molar-refractivity contribution in [2.45, 2.75) is 78.9 Å². The minimum atomic E-state index is 0.217. The van der Waals surface area contributed by atoms with Crippen molar-refractivity contribution in [2.24, 2.45) is 0 Å². The molecule has 1 aliphatic rings. The summed E-state index contributed by atoms with van der Waals surface area (Å²) in [6.07, 6.45) is 3.29. The molecule has 1 saturated heterocycles. The van der Waals surface area contributed by atoms with Crippen LogP contribution in [0.1, 0.15) is 69.1 Å². The first-order chi connectivity index (χ1) is 17.4. The van der Waals surface area contributed by atoms with Crippen LogP contribution >= 0.6 is 0 Å². The maximum atomic E-state index is 5.01. The summed E-state index contributed by atoms with van der Waals surface area (Å²) in [5.74, 6) is 0. The van der Waals surface area contributed by atoms with Gasteiger partial charge in [0.1, 0.15) is 0 Å². The van der Waals surface area contributed by atoms with Gasteiger partial charge in [-0.25, -0.2) is 4.68 Å². The topological polar surface area (TPSA) is 36.3 Å². The van der Waals surface area contributed by atoms with Gasteiger partial charge in [0.2, 0.25) is 0 Å². The Balaban J connectivity index is 1.32. The molecule has 3 unspecified atom stereocenters. The normalized spacial score (nSPS) is 17.2. The van der Waals surface area contributed by atoms with Gasteiger partial charge in [0, 0.05) is 55.7 Å². The number of aromatic nitrogens is 2. The van der Waals surface area contributed by atoms with Crippen molar-refractivity contribution < 1.29 is 0 Å². The lowest BCUT2D eigenvalue weighted by molar-refractivity contribution is 0.176. The molecule has 0 saturated carbocycles. The van der Waals surface area contributed by atoms with Gasteiger partial charge in [-0.15, -0.1) is 0 Å². The van der Waals surface area contributed by atoms with Crippen LogP contribution in [-0.4, -0.2) is 52.9 Å². The van der Waals surface area contributed by atoms with E-state index in [4.69, 9.17) is 5.10 Å². The molecule has 1 aromatic heterocycles. The Morgan fingerprint density at radius 3 is 2.33 bits per heavy atom. The molecule has 0 radical (unpaired) electrons. The van der Waals surface area contributed by atoms with Gasteiger partial charge in [0.05, 0.1) is 11.4 Å². The number of nitrogens with zero attached hydrogens (tertiary/aromatic N) is 4. The number of para-hydroxylation sites is 1. The Kier molecular flexibility index (Phi) is 8.86. The quantitative estimate of drug-likeness (QED) is 0.376. The van der Waals surface area contributed by atoms with E-state index in [2.05, 4.69) is 116 Å². The van der Waals surface area contributed by atoms with Crippen LogP contribution in [0.3, 0.4) is 0 Å². The highest BCUT2D eigenvalue weighted by Crippen LogP contribution is 2.25. The molecule has 0 spiro atoms. The van der Waals surface area contributed by atoms with Crippen molar-refractivity contribution in [2.75, 3.05) is 31.1 Å². The number of anilines is 1. The van der Waals surface area contributed by atoms with E-state index in [-0.39, 0.29) is 6.04 Å². The molecular weight excluding hydrogens is 442 g/mol. The minimum Gasteiger partial charge on any atom is -0.369 e. The summed E-state index contributed by atoms with van der Waals surface area (Å²) in [7, 11) is 0. The van der Waals surface area contributed by atoms with E-state index >= 15 is 0 Å². The first-order valence-electron chi connectivity index (χ1n) is 13.8. The van der Waals surface area contributed by atoms with E-state index in [1.165, 1.54) is 22.5 Å². The third-order valence-corrected chi connectivity index (χ3v) is 7.84. The van der Waals surface area contributed by atoms with Gasteiger partial charge in [-0.05, 0) is 82.9 Å². The van der Waals surface area contributed by atoms with Gasteiger partial charge >= 0.3 is 0 Å². The van der Waals surface area contributed by atoms with Crippen molar-refractivity contribution in [3.8, 4) is 5.69 Å². The molecule has 4 rings (SSSR count). The van der Waals surface area contributed by atoms with E-state index in [9.17, 15) is 0 Å². The van der Waals surface area contributed by atoms with Crippen LogP contribution in [0.2, 0.25) is 0 Å². The monoisotopic (exact) mass is 487 g/mol. The smallest absolute Gasteiger partial charge is 0.0798 e. The number of aryl methyl sites for hydroxylation is 2. The third kappa shape index (κ3) is 6.19. The van der Waals surface area contributed by atoms with E-state index in [1.807, 2.05) is 0 Å². The number of nitrogens with one attached hydrogen (secondary N) is 1. The average Bonchev–Trinajstić information content (AvgIpc) is 3.31. The summed E-state index contributed by atoms with van der Waals surface area (Å²) in [5.41, 5.74) is 7.76. The summed E-state index contributed by atoms with van der Waals surface area (Å²) < 4.78 is 2.12. The van der Waals surface area contributed by atoms with Crippen LogP contribution < -0.4 is 10.2 Å². The van der Waals surface area contributed by atoms with E-state index < -0.39 is 0 Å². The molecule has 0 amide bonds. The zero-order chi connectivity index (χ0) is 25.7. The zero-order valence-electron chi connectivity index (χ0n) is 23.2. The van der Waals surface area contributed by atoms with Gasteiger partial charge in [-0.3, -0.25) is 4.90 Å². The largest absolute Gasteiger partial charge is 0.369 e. The molecule has 1 aliphatic heterocycles. The van der Waals surface area contributed by atoms with Crippen LogP contribution in [0.15, 0.2) is 54.6 Å². The number of piperazine rings is 1. The van der Waals surface area contributed by atoms with Gasteiger partial charge in [0.15, 0.2) is 0 Å². The maximum absolute atomic E-state index is 5.01. The third-order valence-electron chi connectivity index (χ3n) is 7.84. The highest BCUT2D eigenvalue weighted by atomic mass is 15.3. The second-order valence-corrected chi connectivity index (χ2v) is 10.7. The Morgan fingerprint density at radius 1 is 0.917 bits per heavy atom. The van der Waals surface area contributed by atoms with E-state index in [1.54, 1.807) is 0 Å². The fourth-order valence-corrected chi connectivity index (χ4v) is 5.60. The SMILES string of the molecule is CCCc1cc(C(C)NC(C)CC(C)N2CCN(c3cccc(C)c3C)CC2)nn1-c1ccccc1. The zero-order valence-corrected chi connectivity index (χ0v) is 23.2. The number of hydrogen-bond acceptors (Lipinski definition) is 4. The molecule has 5 nitrogen and oxygen atoms in total. The molecule has 0 aliphatic carbocycles. The molecule has 194 valence electrons. The Bertz CT molecular complexity index is 1100. The summed E-state index contributed by atoms with van der Waals surface area (Å²) in [5, 5.41) is 8.85. The highest BCUT2D eigenvalue weighted by Gasteiger charge is 2.24. The standard InChI is InChI=1S/C31H45N5/c1-7-12-29-22-30(33-36(29)28-14-9-8-10-15-28)27(6)32-24(3)21-25(4)34-17-19-35(20-18-34)31-16-11-13-23(2)26(31)5/h8-11,13-16,22,24-25,27,32H,7,12,17-21H2,1-6H3. The second-order valence-electron chi connectivity index (χ2n) is 10.7. The van der Waals surface area contributed by atoms with E-state index in [0.717, 1.165) is 56.8 Å². The molecule has 36 heavy (non-hydrogen) atoms. The van der Waals surface area contributed by atoms with Crippen molar-refractivity contribution in [1.29, 1.82) is 0 Å². The summed E-state index contributed by atoms with van der Waals surface area (Å²) in [6.45, 7) is 18.1. The van der Waals surface area contributed by atoms with Crippen LogP contribution in [-0.2, 0) is 6.42 Å².